The van der Waals surface area contributed by atoms with Crippen molar-refractivity contribution in [1.29, 1.82) is 0 Å². The smallest absolute Gasteiger partial charge is 0.312 e. The second-order valence-electron chi connectivity index (χ2n) is 5.74. The highest BCUT2D eigenvalue weighted by Crippen LogP contribution is 2.24. The Morgan fingerprint density at radius 3 is 1.93 bits per heavy atom. The molecule has 0 saturated heterocycles. The van der Waals surface area contributed by atoms with Gasteiger partial charge in [0, 0.05) is 22.8 Å². The minimum atomic E-state index is -0.167. The quantitative estimate of drug-likeness (QED) is 0.679. The predicted octanol–water partition coefficient (Wildman–Crippen LogP) is 2.23. The molecule has 0 aromatic carbocycles. The average molecular weight is 196 g/mol. The molecule has 1 heterocycles. The monoisotopic (exact) mass is 196 g/mol. The van der Waals surface area contributed by atoms with Gasteiger partial charge in [-0.3, -0.25) is 4.57 Å². The summed E-state index contributed by atoms with van der Waals surface area (Å²) in [5.41, 5.74) is 0.851. The molecule has 0 spiro atoms. The first kappa shape index (κ1) is 11.1. The molecule has 0 fully saturated rings. The van der Waals surface area contributed by atoms with Gasteiger partial charge in [-0.05, 0) is 20.8 Å². The van der Waals surface area contributed by atoms with Crippen LogP contribution in [0.1, 0.15) is 47.2 Å². The minimum absolute atomic E-state index is 0.00750. The zero-order chi connectivity index (χ0) is 11.1. The van der Waals surface area contributed by atoms with E-state index in [9.17, 15) is 4.79 Å². The van der Waals surface area contributed by atoms with Crippen molar-refractivity contribution < 1.29 is 0 Å². The van der Waals surface area contributed by atoms with Gasteiger partial charge in [-0.25, -0.2) is 4.79 Å². The highest BCUT2D eigenvalue weighted by molar-refractivity contribution is 5.12. The van der Waals surface area contributed by atoms with E-state index in [1.165, 1.54) is 0 Å². The Morgan fingerprint density at radius 2 is 1.64 bits per heavy atom. The molecule has 0 radical (unpaired) electrons. The predicted molar refractivity (Wildman–Crippen MR) is 58.7 cm³/mol. The van der Waals surface area contributed by atoms with E-state index in [0.717, 1.165) is 5.69 Å². The summed E-state index contributed by atoms with van der Waals surface area (Å²) < 4.78 is 1.83. The van der Waals surface area contributed by atoms with Crippen LogP contribution < -0.4 is 5.69 Å². The van der Waals surface area contributed by atoms with Crippen LogP contribution in [-0.2, 0) is 11.0 Å². The van der Waals surface area contributed by atoms with Crippen LogP contribution in [0.5, 0.6) is 0 Å². The number of imidazole rings is 1. The largest absolute Gasteiger partial charge is 0.326 e. The maximum Gasteiger partial charge on any atom is 0.326 e. The van der Waals surface area contributed by atoms with Gasteiger partial charge in [-0.2, -0.15) is 0 Å². The summed E-state index contributed by atoms with van der Waals surface area (Å²) in [4.78, 5) is 14.4. The van der Waals surface area contributed by atoms with Crippen molar-refractivity contribution in [2.45, 2.75) is 52.5 Å². The zero-order valence-corrected chi connectivity index (χ0v) is 9.93. The Kier molecular flexibility index (Phi) is 2.38. The van der Waals surface area contributed by atoms with E-state index in [1.54, 1.807) is 0 Å². The van der Waals surface area contributed by atoms with Gasteiger partial charge in [-0.15, -0.1) is 0 Å². The first-order valence-electron chi connectivity index (χ1n) is 4.95. The maximum absolute atomic E-state index is 11.6. The number of aromatic amines is 1. The minimum Gasteiger partial charge on any atom is -0.312 e. The molecular weight excluding hydrogens is 176 g/mol. The van der Waals surface area contributed by atoms with E-state index < -0.39 is 0 Å². The van der Waals surface area contributed by atoms with Crippen molar-refractivity contribution in [2.75, 3.05) is 0 Å². The van der Waals surface area contributed by atoms with Crippen molar-refractivity contribution >= 4 is 0 Å². The Morgan fingerprint density at radius 1 is 1.14 bits per heavy atom. The summed E-state index contributed by atoms with van der Waals surface area (Å²) in [6.45, 7) is 12.4. The number of nitrogens with one attached hydrogen (secondary N) is 1. The van der Waals surface area contributed by atoms with Gasteiger partial charge in [0.2, 0.25) is 0 Å². The second-order valence-corrected chi connectivity index (χ2v) is 5.74. The van der Waals surface area contributed by atoms with Gasteiger partial charge in [0.1, 0.15) is 0 Å². The van der Waals surface area contributed by atoms with Gasteiger partial charge in [0.05, 0.1) is 0 Å². The number of H-pyrrole nitrogens is 1. The number of hydrogen-bond acceptors (Lipinski definition) is 1. The SMILES string of the molecule is CC(C)(C)c1c[nH]c(=O)n1C(C)(C)C. The number of hydrogen-bond donors (Lipinski definition) is 1. The van der Waals surface area contributed by atoms with E-state index in [-0.39, 0.29) is 16.6 Å². The first-order chi connectivity index (χ1) is 6.14. The lowest BCUT2D eigenvalue weighted by Gasteiger charge is -2.28. The van der Waals surface area contributed by atoms with Crippen LogP contribution in [0.25, 0.3) is 0 Å². The van der Waals surface area contributed by atoms with E-state index in [0.29, 0.717) is 0 Å². The molecule has 1 rings (SSSR count). The standard InChI is InChI=1S/C11H20N2O/c1-10(2,3)8-7-12-9(14)13(8)11(4,5)6/h7H,1-6H3,(H,12,14). The molecule has 1 N–H and O–H groups in total. The van der Waals surface area contributed by atoms with Crippen molar-refractivity contribution in [1.82, 2.24) is 9.55 Å². The summed E-state index contributed by atoms with van der Waals surface area (Å²) in [5.74, 6) is 0. The molecule has 0 atom stereocenters. The fraction of sp³-hybridized carbons (Fsp3) is 0.727. The fourth-order valence-electron chi connectivity index (χ4n) is 1.59. The van der Waals surface area contributed by atoms with Crippen LogP contribution in [0.3, 0.4) is 0 Å². The molecule has 1 aromatic heterocycles. The molecule has 1 aromatic rings. The highest BCUT2D eigenvalue weighted by atomic mass is 16.1. The van der Waals surface area contributed by atoms with E-state index in [2.05, 4.69) is 25.8 Å². The molecule has 0 bridgehead atoms. The van der Waals surface area contributed by atoms with Gasteiger partial charge in [-0.1, -0.05) is 20.8 Å². The maximum atomic E-state index is 11.6. The molecule has 0 aliphatic carbocycles. The van der Waals surface area contributed by atoms with Gasteiger partial charge in [0.15, 0.2) is 0 Å². The summed E-state index contributed by atoms with van der Waals surface area (Å²) in [5, 5.41) is 0. The summed E-state index contributed by atoms with van der Waals surface area (Å²) in [6.07, 6.45) is 1.81. The van der Waals surface area contributed by atoms with E-state index >= 15 is 0 Å². The lowest BCUT2D eigenvalue weighted by Crippen LogP contribution is -2.36. The Hall–Kier alpha value is -0.990. The average Bonchev–Trinajstić information content (AvgIpc) is 2.27. The first-order valence-corrected chi connectivity index (χ1v) is 4.95. The van der Waals surface area contributed by atoms with Crippen LogP contribution >= 0.6 is 0 Å². The van der Waals surface area contributed by atoms with Gasteiger partial charge < -0.3 is 4.98 Å². The summed E-state index contributed by atoms with van der Waals surface area (Å²) in [6, 6.07) is 0. The van der Waals surface area contributed by atoms with Crippen molar-refractivity contribution in [2.24, 2.45) is 0 Å². The molecule has 3 heteroatoms. The van der Waals surface area contributed by atoms with Gasteiger partial charge in [0.25, 0.3) is 0 Å². The van der Waals surface area contributed by atoms with Crippen LogP contribution in [-0.4, -0.2) is 9.55 Å². The third-order valence-electron chi connectivity index (χ3n) is 2.22. The fourth-order valence-corrected chi connectivity index (χ4v) is 1.59. The number of aromatic nitrogens is 2. The Bertz CT molecular complexity index is 371. The normalized spacial score (nSPS) is 13.3. The Labute approximate surface area is 85.2 Å². The molecule has 0 saturated carbocycles. The molecule has 0 aliphatic rings. The van der Waals surface area contributed by atoms with Crippen LogP contribution in [0.4, 0.5) is 0 Å². The molecule has 80 valence electrons. The summed E-state index contributed by atoms with van der Waals surface area (Å²) in [7, 11) is 0. The number of nitrogens with zero attached hydrogens (tertiary/aromatic N) is 1. The van der Waals surface area contributed by atoms with E-state index in [1.807, 2.05) is 31.5 Å². The zero-order valence-electron chi connectivity index (χ0n) is 9.93. The van der Waals surface area contributed by atoms with E-state index in [4.69, 9.17) is 0 Å². The molecule has 0 unspecified atom stereocenters. The molecule has 3 nitrogen and oxygen atoms in total. The van der Waals surface area contributed by atoms with Crippen LogP contribution in [0.2, 0.25) is 0 Å². The number of rotatable bonds is 0. The third kappa shape index (κ3) is 1.91. The molecule has 0 aliphatic heterocycles. The van der Waals surface area contributed by atoms with Crippen LogP contribution in [0, 0.1) is 0 Å². The van der Waals surface area contributed by atoms with Crippen molar-refractivity contribution in [3.05, 3.63) is 22.4 Å². The second kappa shape index (κ2) is 3.01. The summed E-state index contributed by atoms with van der Waals surface area (Å²) >= 11 is 0. The third-order valence-corrected chi connectivity index (χ3v) is 2.22. The lowest BCUT2D eigenvalue weighted by atomic mass is 9.91. The van der Waals surface area contributed by atoms with Crippen molar-refractivity contribution in [3.8, 4) is 0 Å². The Balaban J connectivity index is 3.43. The topological polar surface area (TPSA) is 37.8 Å². The molecule has 14 heavy (non-hydrogen) atoms. The van der Waals surface area contributed by atoms with Crippen LogP contribution in [0.15, 0.2) is 11.0 Å². The van der Waals surface area contributed by atoms with Gasteiger partial charge >= 0.3 is 5.69 Å². The lowest BCUT2D eigenvalue weighted by molar-refractivity contribution is 0.350. The highest BCUT2D eigenvalue weighted by Gasteiger charge is 2.26. The van der Waals surface area contributed by atoms with Crippen molar-refractivity contribution in [3.63, 3.8) is 0 Å². The molecular formula is C11H20N2O. The molecule has 0 amide bonds.